The fourth-order valence-electron chi connectivity index (χ4n) is 2.60. The van der Waals surface area contributed by atoms with E-state index in [1.807, 2.05) is 6.92 Å². The van der Waals surface area contributed by atoms with Gasteiger partial charge in [-0.15, -0.1) is 0 Å². The zero-order chi connectivity index (χ0) is 13.0. The minimum Gasteiger partial charge on any atom is -0.338 e. The van der Waals surface area contributed by atoms with Crippen LogP contribution in [0.15, 0.2) is 6.07 Å². The maximum atomic E-state index is 9.00. The van der Waals surface area contributed by atoms with Crippen LogP contribution >= 0.6 is 0 Å². The molecule has 1 aliphatic heterocycles. The standard InChI is InChI=1S/C14H20N4/c1-3-13-7-5-4-6-8-18(13)14-16-11(2)9-12(10-15)17-14/h9,13H,3-8H2,1-2H3. The molecule has 2 rings (SSSR count). The molecule has 4 nitrogen and oxygen atoms in total. The molecule has 0 aromatic carbocycles. The van der Waals surface area contributed by atoms with Crippen molar-refractivity contribution in [1.82, 2.24) is 9.97 Å². The van der Waals surface area contributed by atoms with Crippen LogP contribution in [0.5, 0.6) is 0 Å². The van der Waals surface area contributed by atoms with E-state index in [1.54, 1.807) is 6.07 Å². The Bertz CT molecular complexity index is 450. The molecule has 1 unspecified atom stereocenters. The fourth-order valence-corrected chi connectivity index (χ4v) is 2.60. The lowest BCUT2D eigenvalue weighted by Crippen LogP contribution is -2.36. The SMILES string of the molecule is CCC1CCCCCN1c1nc(C)cc(C#N)n1. The molecule has 0 spiro atoms. The van der Waals surface area contributed by atoms with Gasteiger partial charge < -0.3 is 4.90 Å². The first kappa shape index (κ1) is 12.8. The van der Waals surface area contributed by atoms with Crippen molar-refractivity contribution in [3.05, 3.63) is 17.5 Å². The number of hydrogen-bond donors (Lipinski definition) is 0. The second-order valence-electron chi connectivity index (χ2n) is 4.91. The van der Waals surface area contributed by atoms with E-state index in [0.29, 0.717) is 11.7 Å². The molecule has 1 fully saturated rings. The average molecular weight is 244 g/mol. The molecule has 2 heterocycles. The van der Waals surface area contributed by atoms with Gasteiger partial charge in [-0.2, -0.15) is 5.26 Å². The minimum atomic E-state index is 0.469. The van der Waals surface area contributed by atoms with E-state index in [-0.39, 0.29) is 0 Å². The van der Waals surface area contributed by atoms with E-state index in [4.69, 9.17) is 5.26 Å². The number of rotatable bonds is 2. The lowest BCUT2D eigenvalue weighted by molar-refractivity contribution is 0.547. The maximum absolute atomic E-state index is 9.00. The van der Waals surface area contributed by atoms with Gasteiger partial charge in [-0.25, -0.2) is 9.97 Å². The summed E-state index contributed by atoms with van der Waals surface area (Å²) >= 11 is 0. The predicted molar refractivity (Wildman–Crippen MR) is 71.4 cm³/mol. The summed E-state index contributed by atoms with van der Waals surface area (Å²) in [5, 5.41) is 9.00. The van der Waals surface area contributed by atoms with E-state index in [2.05, 4.69) is 27.9 Å². The van der Waals surface area contributed by atoms with Crippen molar-refractivity contribution in [1.29, 1.82) is 5.26 Å². The molecule has 0 aliphatic carbocycles. The van der Waals surface area contributed by atoms with Crippen LogP contribution in [0.1, 0.15) is 50.4 Å². The normalized spacial score (nSPS) is 20.3. The summed E-state index contributed by atoms with van der Waals surface area (Å²) in [5.41, 5.74) is 1.34. The summed E-state index contributed by atoms with van der Waals surface area (Å²) in [6, 6.07) is 4.37. The van der Waals surface area contributed by atoms with Crippen molar-refractivity contribution in [2.24, 2.45) is 0 Å². The summed E-state index contributed by atoms with van der Waals surface area (Å²) in [6.45, 7) is 5.14. The van der Waals surface area contributed by atoms with Crippen molar-refractivity contribution in [3.63, 3.8) is 0 Å². The first-order valence-corrected chi connectivity index (χ1v) is 6.77. The molecule has 0 bridgehead atoms. The van der Waals surface area contributed by atoms with E-state index < -0.39 is 0 Å². The van der Waals surface area contributed by atoms with E-state index in [0.717, 1.165) is 24.6 Å². The average Bonchev–Trinajstić information content (AvgIpc) is 2.62. The summed E-state index contributed by atoms with van der Waals surface area (Å²) in [7, 11) is 0. The summed E-state index contributed by atoms with van der Waals surface area (Å²) in [6.07, 6.45) is 6.07. The molecule has 1 aromatic rings. The molecule has 0 amide bonds. The Morgan fingerprint density at radius 1 is 1.39 bits per heavy atom. The van der Waals surface area contributed by atoms with Gasteiger partial charge in [0.05, 0.1) is 0 Å². The Morgan fingerprint density at radius 2 is 2.22 bits per heavy atom. The molecule has 1 aliphatic rings. The van der Waals surface area contributed by atoms with Crippen molar-refractivity contribution in [2.45, 2.75) is 52.0 Å². The molecule has 1 aromatic heterocycles. The Balaban J connectivity index is 2.32. The molecule has 1 saturated heterocycles. The smallest absolute Gasteiger partial charge is 0.227 e. The molecule has 0 saturated carbocycles. The summed E-state index contributed by atoms with van der Waals surface area (Å²) in [4.78, 5) is 11.2. The highest BCUT2D eigenvalue weighted by Crippen LogP contribution is 2.23. The molecule has 18 heavy (non-hydrogen) atoms. The number of anilines is 1. The second kappa shape index (κ2) is 5.81. The minimum absolute atomic E-state index is 0.469. The quantitative estimate of drug-likeness (QED) is 0.802. The molecular weight excluding hydrogens is 224 g/mol. The lowest BCUT2D eigenvalue weighted by Gasteiger charge is -2.29. The predicted octanol–water partition coefficient (Wildman–Crippen LogP) is 2.82. The van der Waals surface area contributed by atoms with Gasteiger partial charge in [0.2, 0.25) is 5.95 Å². The van der Waals surface area contributed by atoms with Gasteiger partial charge in [-0.3, -0.25) is 0 Å². The van der Waals surface area contributed by atoms with Gasteiger partial charge in [0.1, 0.15) is 11.8 Å². The zero-order valence-corrected chi connectivity index (χ0v) is 11.2. The van der Waals surface area contributed by atoms with E-state index in [9.17, 15) is 0 Å². The highest BCUT2D eigenvalue weighted by atomic mass is 15.3. The van der Waals surface area contributed by atoms with Crippen LogP contribution in [-0.2, 0) is 0 Å². The van der Waals surface area contributed by atoms with Crippen LogP contribution in [-0.4, -0.2) is 22.6 Å². The molecule has 1 atom stereocenters. The fraction of sp³-hybridized carbons (Fsp3) is 0.643. The molecule has 0 N–H and O–H groups in total. The Hall–Kier alpha value is -1.63. The van der Waals surface area contributed by atoms with Gasteiger partial charge in [0, 0.05) is 18.3 Å². The summed E-state index contributed by atoms with van der Waals surface area (Å²) < 4.78 is 0. The molecular formula is C14H20N4. The van der Waals surface area contributed by atoms with Gasteiger partial charge in [0.15, 0.2) is 0 Å². The molecule has 0 radical (unpaired) electrons. The van der Waals surface area contributed by atoms with Crippen LogP contribution in [0.3, 0.4) is 0 Å². The Labute approximate surface area is 109 Å². The third-order valence-electron chi connectivity index (χ3n) is 3.56. The first-order valence-electron chi connectivity index (χ1n) is 6.77. The second-order valence-corrected chi connectivity index (χ2v) is 4.91. The van der Waals surface area contributed by atoms with Gasteiger partial charge in [-0.05, 0) is 32.3 Å². The van der Waals surface area contributed by atoms with Crippen LogP contribution in [0, 0.1) is 18.3 Å². The van der Waals surface area contributed by atoms with Crippen molar-refractivity contribution in [2.75, 3.05) is 11.4 Å². The van der Waals surface area contributed by atoms with Crippen LogP contribution in [0.2, 0.25) is 0 Å². The van der Waals surface area contributed by atoms with Gasteiger partial charge in [0.25, 0.3) is 0 Å². The third-order valence-corrected chi connectivity index (χ3v) is 3.56. The number of nitrogens with zero attached hydrogens (tertiary/aromatic N) is 4. The first-order chi connectivity index (χ1) is 8.74. The Kier molecular flexibility index (Phi) is 4.14. The van der Waals surface area contributed by atoms with E-state index >= 15 is 0 Å². The van der Waals surface area contributed by atoms with Crippen LogP contribution in [0.25, 0.3) is 0 Å². The van der Waals surface area contributed by atoms with Crippen molar-refractivity contribution < 1.29 is 0 Å². The van der Waals surface area contributed by atoms with Crippen LogP contribution in [0.4, 0.5) is 5.95 Å². The monoisotopic (exact) mass is 244 g/mol. The van der Waals surface area contributed by atoms with Gasteiger partial charge in [-0.1, -0.05) is 19.8 Å². The third kappa shape index (κ3) is 2.79. The largest absolute Gasteiger partial charge is 0.338 e. The lowest BCUT2D eigenvalue weighted by atomic mass is 10.1. The number of nitriles is 1. The zero-order valence-electron chi connectivity index (χ0n) is 11.2. The maximum Gasteiger partial charge on any atom is 0.227 e. The highest BCUT2D eigenvalue weighted by Gasteiger charge is 2.22. The highest BCUT2D eigenvalue weighted by molar-refractivity contribution is 5.37. The molecule has 4 heteroatoms. The number of hydrogen-bond acceptors (Lipinski definition) is 4. The van der Waals surface area contributed by atoms with Crippen LogP contribution < -0.4 is 4.90 Å². The topological polar surface area (TPSA) is 52.8 Å². The van der Waals surface area contributed by atoms with Gasteiger partial charge >= 0.3 is 0 Å². The van der Waals surface area contributed by atoms with Crippen molar-refractivity contribution in [3.8, 4) is 6.07 Å². The van der Waals surface area contributed by atoms with Crippen molar-refractivity contribution >= 4 is 5.95 Å². The van der Waals surface area contributed by atoms with E-state index in [1.165, 1.54) is 25.7 Å². The number of aromatic nitrogens is 2. The Morgan fingerprint density at radius 3 is 2.94 bits per heavy atom. The summed E-state index contributed by atoms with van der Waals surface area (Å²) in [5.74, 6) is 0.736. The number of aryl methyl sites for hydroxylation is 1. The molecule has 96 valence electrons.